The molecule has 0 spiro atoms. The van der Waals surface area contributed by atoms with E-state index in [9.17, 15) is 0 Å². The average molecular weight is 187 g/mol. The van der Waals surface area contributed by atoms with Gasteiger partial charge >= 0.3 is 0 Å². The smallest absolute Gasteiger partial charge is 0.134 e. The summed E-state index contributed by atoms with van der Waals surface area (Å²) in [7, 11) is 0. The van der Waals surface area contributed by atoms with Crippen LogP contribution >= 0.6 is 0 Å². The van der Waals surface area contributed by atoms with Gasteiger partial charge in [0.1, 0.15) is 5.76 Å². The van der Waals surface area contributed by atoms with Crippen LogP contribution in [0.5, 0.6) is 0 Å². The van der Waals surface area contributed by atoms with Crippen molar-refractivity contribution in [3.05, 3.63) is 47.7 Å². The maximum absolute atomic E-state index is 5.52. The molecule has 2 aromatic rings. The van der Waals surface area contributed by atoms with Crippen LogP contribution in [0.1, 0.15) is 11.1 Å². The zero-order valence-electron chi connectivity index (χ0n) is 8.16. The molecule has 0 atom stereocenters. The molecule has 0 amide bonds. The highest BCUT2D eigenvalue weighted by Crippen LogP contribution is 2.21. The maximum Gasteiger partial charge on any atom is 0.134 e. The van der Waals surface area contributed by atoms with Crippen molar-refractivity contribution >= 4 is 0 Å². The van der Waals surface area contributed by atoms with E-state index >= 15 is 0 Å². The standard InChI is InChI=1S/C12H13NO/c1-9-6-12(14-8-9)11-4-2-10(7-13)3-5-11/h2-6,8H,7,13H2,1H3. The van der Waals surface area contributed by atoms with Crippen LogP contribution in [-0.2, 0) is 6.54 Å². The van der Waals surface area contributed by atoms with E-state index in [1.54, 1.807) is 6.26 Å². The molecule has 0 unspecified atom stereocenters. The van der Waals surface area contributed by atoms with E-state index in [0.717, 1.165) is 22.5 Å². The lowest BCUT2D eigenvalue weighted by Crippen LogP contribution is -1.94. The highest BCUT2D eigenvalue weighted by molar-refractivity contribution is 5.58. The SMILES string of the molecule is Cc1coc(-c2ccc(CN)cc2)c1. The first-order valence-electron chi connectivity index (χ1n) is 4.64. The molecule has 1 heterocycles. The first-order valence-corrected chi connectivity index (χ1v) is 4.64. The van der Waals surface area contributed by atoms with Crippen molar-refractivity contribution in [2.24, 2.45) is 5.73 Å². The predicted octanol–water partition coefficient (Wildman–Crippen LogP) is 2.71. The third-order valence-electron chi connectivity index (χ3n) is 2.20. The van der Waals surface area contributed by atoms with Gasteiger partial charge in [-0.1, -0.05) is 24.3 Å². The van der Waals surface area contributed by atoms with Gasteiger partial charge in [-0.05, 0) is 24.1 Å². The second-order valence-electron chi connectivity index (χ2n) is 3.39. The van der Waals surface area contributed by atoms with Gasteiger partial charge in [0.2, 0.25) is 0 Å². The molecule has 2 N–H and O–H groups in total. The molecule has 1 aromatic heterocycles. The maximum atomic E-state index is 5.52. The summed E-state index contributed by atoms with van der Waals surface area (Å²) in [6.45, 7) is 2.60. The van der Waals surface area contributed by atoms with Gasteiger partial charge in [-0.2, -0.15) is 0 Å². The molecule has 0 radical (unpaired) electrons. The molecule has 0 saturated carbocycles. The number of hydrogen-bond acceptors (Lipinski definition) is 2. The van der Waals surface area contributed by atoms with E-state index in [0.29, 0.717) is 6.54 Å². The Labute approximate surface area is 83.4 Å². The Morgan fingerprint density at radius 2 is 1.93 bits per heavy atom. The summed E-state index contributed by atoms with van der Waals surface area (Å²) in [6.07, 6.45) is 1.76. The number of nitrogens with two attached hydrogens (primary N) is 1. The number of aryl methyl sites for hydroxylation is 1. The van der Waals surface area contributed by atoms with Gasteiger partial charge in [0.05, 0.1) is 6.26 Å². The normalized spacial score (nSPS) is 10.4. The minimum absolute atomic E-state index is 0.581. The zero-order chi connectivity index (χ0) is 9.97. The number of furan rings is 1. The molecular formula is C12H13NO. The number of hydrogen-bond donors (Lipinski definition) is 1. The Bertz CT molecular complexity index is 414. The van der Waals surface area contributed by atoms with E-state index in [1.807, 2.05) is 37.3 Å². The Morgan fingerprint density at radius 3 is 2.43 bits per heavy atom. The van der Waals surface area contributed by atoms with Gasteiger partial charge in [-0.15, -0.1) is 0 Å². The largest absolute Gasteiger partial charge is 0.464 e. The molecule has 2 rings (SSSR count). The third-order valence-corrected chi connectivity index (χ3v) is 2.20. The van der Waals surface area contributed by atoms with Gasteiger partial charge in [-0.25, -0.2) is 0 Å². The van der Waals surface area contributed by atoms with Gasteiger partial charge in [-0.3, -0.25) is 0 Å². The molecule has 2 heteroatoms. The summed E-state index contributed by atoms with van der Waals surface area (Å²) in [5.74, 6) is 0.908. The molecule has 0 aliphatic heterocycles. The summed E-state index contributed by atoms with van der Waals surface area (Å²) in [5, 5.41) is 0. The molecule has 0 aliphatic carbocycles. The van der Waals surface area contributed by atoms with E-state index in [2.05, 4.69) is 0 Å². The average Bonchev–Trinajstić information content (AvgIpc) is 2.65. The van der Waals surface area contributed by atoms with Crippen LogP contribution in [0.25, 0.3) is 11.3 Å². The van der Waals surface area contributed by atoms with Crippen LogP contribution in [0, 0.1) is 6.92 Å². The van der Waals surface area contributed by atoms with E-state index < -0.39 is 0 Å². The highest BCUT2D eigenvalue weighted by atomic mass is 16.3. The van der Waals surface area contributed by atoms with Gasteiger partial charge in [0.15, 0.2) is 0 Å². The van der Waals surface area contributed by atoms with E-state index in [1.165, 1.54) is 0 Å². The summed E-state index contributed by atoms with van der Waals surface area (Å²) in [4.78, 5) is 0. The third kappa shape index (κ3) is 1.70. The zero-order valence-corrected chi connectivity index (χ0v) is 8.16. The lowest BCUT2D eigenvalue weighted by molar-refractivity contribution is 0.580. The lowest BCUT2D eigenvalue weighted by Gasteiger charge is -1.98. The molecule has 0 aliphatic rings. The first kappa shape index (κ1) is 9.03. The van der Waals surface area contributed by atoms with Crippen molar-refractivity contribution in [1.82, 2.24) is 0 Å². The van der Waals surface area contributed by atoms with Crippen molar-refractivity contribution in [2.45, 2.75) is 13.5 Å². The van der Waals surface area contributed by atoms with E-state index in [-0.39, 0.29) is 0 Å². The minimum atomic E-state index is 0.581. The summed E-state index contributed by atoms with van der Waals surface area (Å²) >= 11 is 0. The Kier molecular flexibility index (Phi) is 2.37. The minimum Gasteiger partial charge on any atom is -0.464 e. The van der Waals surface area contributed by atoms with Gasteiger partial charge in [0, 0.05) is 12.1 Å². The fraction of sp³-hybridized carbons (Fsp3) is 0.167. The van der Waals surface area contributed by atoms with Crippen LogP contribution in [0.15, 0.2) is 41.0 Å². The first-order chi connectivity index (χ1) is 6.79. The van der Waals surface area contributed by atoms with E-state index in [4.69, 9.17) is 10.2 Å². The lowest BCUT2D eigenvalue weighted by atomic mass is 10.1. The fourth-order valence-corrected chi connectivity index (χ4v) is 1.39. The van der Waals surface area contributed by atoms with Crippen molar-refractivity contribution < 1.29 is 4.42 Å². The Balaban J connectivity index is 2.33. The fourth-order valence-electron chi connectivity index (χ4n) is 1.39. The number of rotatable bonds is 2. The quantitative estimate of drug-likeness (QED) is 0.785. The molecule has 2 nitrogen and oxygen atoms in total. The topological polar surface area (TPSA) is 39.2 Å². The molecule has 0 saturated heterocycles. The van der Waals surface area contributed by atoms with Crippen LogP contribution in [0.4, 0.5) is 0 Å². The predicted molar refractivity (Wildman–Crippen MR) is 56.8 cm³/mol. The van der Waals surface area contributed by atoms with Crippen LogP contribution in [0.2, 0.25) is 0 Å². The summed E-state index contributed by atoms with van der Waals surface area (Å²) < 4.78 is 5.39. The van der Waals surface area contributed by atoms with Gasteiger partial charge in [0.25, 0.3) is 0 Å². The molecule has 0 bridgehead atoms. The number of benzene rings is 1. The summed E-state index contributed by atoms with van der Waals surface area (Å²) in [5.41, 5.74) is 8.89. The second-order valence-corrected chi connectivity index (χ2v) is 3.39. The summed E-state index contributed by atoms with van der Waals surface area (Å²) in [6, 6.07) is 10.1. The second kappa shape index (κ2) is 3.68. The van der Waals surface area contributed by atoms with Crippen LogP contribution in [0.3, 0.4) is 0 Å². The Hall–Kier alpha value is -1.54. The monoisotopic (exact) mass is 187 g/mol. The molecule has 0 fully saturated rings. The van der Waals surface area contributed by atoms with Crippen LogP contribution in [-0.4, -0.2) is 0 Å². The van der Waals surface area contributed by atoms with Crippen molar-refractivity contribution in [2.75, 3.05) is 0 Å². The van der Waals surface area contributed by atoms with Crippen molar-refractivity contribution in [1.29, 1.82) is 0 Å². The molecule has 1 aromatic carbocycles. The molecule has 72 valence electrons. The van der Waals surface area contributed by atoms with Crippen molar-refractivity contribution in [3.8, 4) is 11.3 Å². The molecular weight excluding hydrogens is 174 g/mol. The highest BCUT2D eigenvalue weighted by Gasteiger charge is 2.01. The van der Waals surface area contributed by atoms with Crippen molar-refractivity contribution in [3.63, 3.8) is 0 Å². The van der Waals surface area contributed by atoms with Crippen LogP contribution < -0.4 is 5.73 Å². The Morgan fingerprint density at radius 1 is 1.21 bits per heavy atom. The van der Waals surface area contributed by atoms with Gasteiger partial charge < -0.3 is 10.2 Å². The molecule has 14 heavy (non-hydrogen) atoms.